The van der Waals surface area contributed by atoms with Crippen LogP contribution in [0.3, 0.4) is 0 Å². The second-order valence-electron chi connectivity index (χ2n) is 5.89. The summed E-state index contributed by atoms with van der Waals surface area (Å²) in [4.78, 5) is 5.94. The van der Waals surface area contributed by atoms with E-state index in [0.29, 0.717) is 6.04 Å². The van der Waals surface area contributed by atoms with Crippen LogP contribution < -0.4 is 0 Å². The maximum absolute atomic E-state index is 3.86. The first-order valence-electron chi connectivity index (χ1n) is 7.65. The third-order valence-corrected chi connectivity index (χ3v) is 6.20. The van der Waals surface area contributed by atoms with Crippen LogP contribution in [0.2, 0.25) is 0 Å². The highest BCUT2D eigenvalue weighted by molar-refractivity contribution is 8.48. The molecule has 2 heterocycles. The van der Waals surface area contributed by atoms with Gasteiger partial charge in [0.05, 0.1) is 0 Å². The van der Waals surface area contributed by atoms with Crippen molar-refractivity contribution >= 4 is 36.0 Å². The number of likely N-dealkylation sites (N-methyl/N-ethyl adjacent to an activating group) is 1. The van der Waals surface area contributed by atoms with Crippen LogP contribution in [0.4, 0.5) is 0 Å². The number of hydrogen-bond donors (Lipinski definition) is 1. The molecule has 1 saturated heterocycles. The highest BCUT2D eigenvalue weighted by atomic mass is 32.7. The van der Waals surface area contributed by atoms with Gasteiger partial charge >= 0.3 is 0 Å². The van der Waals surface area contributed by atoms with Gasteiger partial charge in [-0.15, -0.1) is 11.4 Å². The van der Waals surface area contributed by atoms with Crippen molar-refractivity contribution in [1.82, 2.24) is 9.88 Å². The molecule has 0 amide bonds. The summed E-state index contributed by atoms with van der Waals surface area (Å²) in [6.07, 6.45) is 11.1. The van der Waals surface area contributed by atoms with Gasteiger partial charge in [0.2, 0.25) is 0 Å². The largest absolute Gasteiger partial charge is 0.361 e. The third-order valence-electron chi connectivity index (χ3n) is 4.53. The lowest BCUT2D eigenvalue weighted by Crippen LogP contribution is -2.26. The molecular weight excluding hydrogens is 295 g/mol. The standard InChI is InChI=1S/C17H23N2PS/c1-19-8-3-4-15(19)11-14-12-18-17-6-5-13(10-16(14)17)7-9-21-20-2/h5-6,10,12,15,18H,2-4,7-9,11H2,1H3. The van der Waals surface area contributed by atoms with E-state index in [4.69, 9.17) is 0 Å². The molecule has 4 heteroatoms. The Labute approximate surface area is 132 Å². The molecule has 0 aliphatic carbocycles. The van der Waals surface area contributed by atoms with Crippen molar-refractivity contribution in [2.24, 2.45) is 0 Å². The van der Waals surface area contributed by atoms with Crippen LogP contribution in [0.25, 0.3) is 10.9 Å². The Morgan fingerprint density at radius 2 is 2.38 bits per heavy atom. The van der Waals surface area contributed by atoms with Crippen molar-refractivity contribution in [2.45, 2.75) is 31.7 Å². The van der Waals surface area contributed by atoms with Crippen molar-refractivity contribution in [3.63, 3.8) is 0 Å². The molecule has 0 bridgehead atoms. The van der Waals surface area contributed by atoms with E-state index in [1.165, 1.54) is 55.2 Å². The number of aromatic amines is 1. The molecule has 0 spiro atoms. The summed E-state index contributed by atoms with van der Waals surface area (Å²) in [5.41, 5.74) is 4.20. The summed E-state index contributed by atoms with van der Waals surface area (Å²) in [5.74, 6) is 1.15. The Bertz CT molecular complexity index is 622. The average molecular weight is 318 g/mol. The monoisotopic (exact) mass is 318 g/mol. The molecule has 0 saturated carbocycles. The molecule has 1 aromatic heterocycles. The SMILES string of the molecule is C=PSCCc1ccc2[nH]cc(CC3CCCN3C)c2c1. The molecule has 1 aliphatic rings. The van der Waals surface area contributed by atoms with Crippen molar-refractivity contribution in [2.75, 3.05) is 19.3 Å². The topological polar surface area (TPSA) is 19.0 Å². The Morgan fingerprint density at radius 1 is 1.48 bits per heavy atom. The molecule has 1 atom stereocenters. The molecule has 1 aromatic carbocycles. The van der Waals surface area contributed by atoms with E-state index < -0.39 is 0 Å². The molecule has 2 aromatic rings. The van der Waals surface area contributed by atoms with Gasteiger partial charge in [-0.2, -0.15) is 0 Å². The van der Waals surface area contributed by atoms with Crippen molar-refractivity contribution in [3.8, 4) is 0 Å². The molecule has 1 aliphatic heterocycles. The fourth-order valence-electron chi connectivity index (χ4n) is 3.27. The second kappa shape index (κ2) is 7.00. The lowest BCUT2D eigenvalue weighted by Gasteiger charge is -2.18. The van der Waals surface area contributed by atoms with Gasteiger partial charge in [-0.1, -0.05) is 12.4 Å². The number of likely N-dealkylation sites (tertiary alicyclic amines) is 1. The predicted molar refractivity (Wildman–Crippen MR) is 97.9 cm³/mol. The molecule has 2 nitrogen and oxygen atoms in total. The van der Waals surface area contributed by atoms with Gasteiger partial charge in [0.25, 0.3) is 0 Å². The van der Waals surface area contributed by atoms with Crippen molar-refractivity contribution < 1.29 is 0 Å². The summed E-state index contributed by atoms with van der Waals surface area (Å²) < 4.78 is 0. The molecule has 0 radical (unpaired) electrons. The van der Waals surface area contributed by atoms with Crippen LogP contribution in [0, 0.1) is 0 Å². The van der Waals surface area contributed by atoms with Gasteiger partial charge in [0.15, 0.2) is 0 Å². The van der Waals surface area contributed by atoms with E-state index in [1.54, 1.807) is 0 Å². The summed E-state index contributed by atoms with van der Waals surface area (Å²) >= 11 is 1.89. The van der Waals surface area contributed by atoms with E-state index in [-0.39, 0.29) is 0 Å². The zero-order chi connectivity index (χ0) is 14.7. The second-order valence-corrected chi connectivity index (χ2v) is 8.36. The van der Waals surface area contributed by atoms with E-state index >= 15 is 0 Å². The minimum atomic E-state index is 0.716. The summed E-state index contributed by atoms with van der Waals surface area (Å²) in [6, 6.07) is 7.59. The minimum Gasteiger partial charge on any atom is -0.361 e. The molecule has 1 N–H and O–H groups in total. The number of hydrogen-bond acceptors (Lipinski definition) is 2. The highest BCUT2D eigenvalue weighted by Crippen LogP contribution is 2.26. The first kappa shape index (κ1) is 15.1. The average Bonchev–Trinajstić information content (AvgIpc) is 3.07. The maximum Gasteiger partial charge on any atom is 0.0456 e. The van der Waals surface area contributed by atoms with Gasteiger partial charge in [0, 0.05) is 28.9 Å². The Balaban J connectivity index is 1.78. The Kier molecular flexibility index (Phi) is 5.05. The van der Waals surface area contributed by atoms with Gasteiger partial charge in [-0.3, -0.25) is 0 Å². The van der Waals surface area contributed by atoms with Crippen LogP contribution in [0.15, 0.2) is 24.4 Å². The number of aromatic nitrogens is 1. The molecule has 1 fully saturated rings. The molecule has 21 heavy (non-hydrogen) atoms. The number of benzene rings is 1. The van der Waals surface area contributed by atoms with Crippen molar-refractivity contribution in [1.29, 1.82) is 0 Å². The van der Waals surface area contributed by atoms with Crippen LogP contribution in [-0.4, -0.2) is 41.6 Å². The fourth-order valence-corrected chi connectivity index (χ4v) is 4.39. The van der Waals surface area contributed by atoms with E-state index in [2.05, 4.69) is 47.6 Å². The van der Waals surface area contributed by atoms with Gasteiger partial charge in [-0.05, 0) is 69.9 Å². The summed E-state index contributed by atoms with van der Waals surface area (Å²) in [5, 5.41) is 1.42. The lowest BCUT2D eigenvalue weighted by atomic mass is 10.0. The molecule has 1 unspecified atom stereocenters. The zero-order valence-corrected chi connectivity index (χ0v) is 14.4. The number of fused-ring (bicyclic) bond motifs is 1. The lowest BCUT2D eigenvalue weighted by molar-refractivity contribution is 0.310. The molecular formula is C17H23N2PS. The van der Waals surface area contributed by atoms with Crippen LogP contribution in [0.1, 0.15) is 24.0 Å². The van der Waals surface area contributed by atoms with E-state index in [9.17, 15) is 0 Å². The van der Waals surface area contributed by atoms with Gasteiger partial charge in [-0.25, -0.2) is 0 Å². The highest BCUT2D eigenvalue weighted by Gasteiger charge is 2.22. The Hall–Kier alpha value is -0.760. The smallest absolute Gasteiger partial charge is 0.0456 e. The van der Waals surface area contributed by atoms with Crippen molar-refractivity contribution in [3.05, 3.63) is 35.5 Å². The Morgan fingerprint density at radius 3 is 3.14 bits per heavy atom. The predicted octanol–water partition coefficient (Wildman–Crippen LogP) is 4.37. The van der Waals surface area contributed by atoms with Crippen LogP contribution >= 0.6 is 18.8 Å². The quantitative estimate of drug-likeness (QED) is 0.630. The normalized spacial score (nSPS) is 19.8. The number of rotatable bonds is 6. The number of H-pyrrole nitrogens is 1. The number of aryl methyl sites for hydroxylation is 1. The number of nitrogens with zero attached hydrogens (tertiary/aromatic N) is 1. The first-order valence-corrected chi connectivity index (χ1v) is 10.3. The van der Waals surface area contributed by atoms with Gasteiger partial charge < -0.3 is 9.88 Å². The number of nitrogens with one attached hydrogen (secondary N) is 1. The molecule has 112 valence electrons. The third kappa shape index (κ3) is 3.53. The fraction of sp³-hybridized carbons (Fsp3) is 0.471. The van der Waals surface area contributed by atoms with Gasteiger partial charge in [0.1, 0.15) is 0 Å². The van der Waals surface area contributed by atoms with Crippen LogP contribution in [0.5, 0.6) is 0 Å². The van der Waals surface area contributed by atoms with E-state index in [0.717, 1.165) is 12.2 Å². The summed E-state index contributed by atoms with van der Waals surface area (Å²) in [7, 11) is 3.44. The zero-order valence-electron chi connectivity index (χ0n) is 12.6. The molecule has 3 rings (SSSR count). The van der Waals surface area contributed by atoms with Crippen LogP contribution in [-0.2, 0) is 12.8 Å². The first-order chi connectivity index (χ1) is 10.3. The minimum absolute atomic E-state index is 0.716. The maximum atomic E-state index is 3.86. The van der Waals surface area contributed by atoms with E-state index in [1.807, 2.05) is 11.4 Å². The summed E-state index contributed by atoms with van der Waals surface area (Å²) in [6.45, 7) is 1.25.